The molecule has 0 unspecified atom stereocenters. The summed E-state index contributed by atoms with van der Waals surface area (Å²) in [6.45, 7) is 2.98. The molecule has 1 aromatic carbocycles. The van der Waals surface area contributed by atoms with Crippen LogP contribution in [0, 0.1) is 5.82 Å². The fraction of sp³-hybridized carbons (Fsp3) is 0.235. The fourth-order valence-electron chi connectivity index (χ4n) is 2.52. The van der Waals surface area contributed by atoms with E-state index in [1.165, 1.54) is 23.4 Å². The molecule has 2 heterocycles. The van der Waals surface area contributed by atoms with Crippen LogP contribution in [0.5, 0.6) is 0 Å². The Labute approximate surface area is 124 Å². The number of allylic oxidation sites excluding steroid dienone is 1. The number of hydrogen-bond donors (Lipinski definition) is 1. The molecule has 1 aromatic heterocycles. The van der Waals surface area contributed by atoms with Gasteiger partial charge in [0.25, 0.3) is 0 Å². The van der Waals surface area contributed by atoms with Gasteiger partial charge < -0.3 is 5.43 Å². The minimum atomic E-state index is -0.213. The van der Waals surface area contributed by atoms with E-state index in [-0.39, 0.29) is 5.82 Å². The van der Waals surface area contributed by atoms with Crippen LogP contribution >= 0.6 is 0 Å². The molecule has 3 rings (SSSR count). The SMILES string of the molecule is CCC1=C(Cc2ccccn2)NN(c2ccc(F)cc2)C1. The quantitative estimate of drug-likeness (QED) is 0.931. The van der Waals surface area contributed by atoms with Crippen molar-refractivity contribution in [3.05, 3.63) is 71.4 Å². The Kier molecular flexibility index (Phi) is 3.86. The summed E-state index contributed by atoms with van der Waals surface area (Å²) < 4.78 is 13.0. The average molecular weight is 283 g/mol. The highest BCUT2D eigenvalue weighted by Crippen LogP contribution is 2.24. The molecular formula is C17H18FN3. The average Bonchev–Trinajstić information content (AvgIpc) is 2.92. The smallest absolute Gasteiger partial charge is 0.123 e. The predicted octanol–water partition coefficient (Wildman–Crippen LogP) is 3.45. The van der Waals surface area contributed by atoms with Crippen molar-refractivity contribution < 1.29 is 4.39 Å². The molecule has 3 nitrogen and oxygen atoms in total. The zero-order valence-electron chi connectivity index (χ0n) is 12.0. The monoisotopic (exact) mass is 283 g/mol. The first-order chi connectivity index (χ1) is 10.3. The Morgan fingerprint density at radius 1 is 1.19 bits per heavy atom. The number of nitrogens with one attached hydrogen (secondary N) is 1. The maximum Gasteiger partial charge on any atom is 0.123 e. The fourth-order valence-corrected chi connectivity index (χ4v) is 2.52. The number of pyridine rings is 1. The zero-order chi connectivity index (χ0) is 14.7. The second-order valence-corrected chi connectivity index (χ2v) is 5.11. The summed E-state index contributed by atoms with van der Waals surface area (Å²) in [6, 6.07) is 12.5. The van der Waals surface area contributed by atoms with Crippen molar-refractivity contribution in [2.75, 3.05) is 11.6 Å². The summed E-state index contributed by atoms with van der Waals surface area (Å²) >= 11 is 0. The lowest BCUT2D eigenvalue weighted by Crippen LogP contribution is -2.32. The molecule has 0 saturated carbocycles. The zero-order valence-corrected chi connectivity index (χ0v) is 12.0. The Hall–Kier alpha value is -2.36. The number of anilines is 1. The summed E-state index contributed by atoms with van der Waals surface area (Å²) in [4.78, 5) is 4.38. The highest BCUT2D eigenvalue weighted by atomic mass is 19.1. The van der Waals surface area contributed by atoms with Gasteiger partial charge in [0.1, 0.15) is 5.82 Å². The summed E-state index contributed by atoms with van der Waals surface area (Å²) in [6.07, 6.45) is 3.60. The third kappa shape index (κ3) is 3.05. The summed E-state index contributed by atoms with van der Waals surface area (Å²) in [5, 5.41) is 2.05. The molecule has 1 aliphatic heterocycles. The number of halogens is 1. The molecule has 0 atom stereocenters. The lowest BCUT2D eigenvalue weighted by atomic mass is 10.1. The second-order valence-electron chi connectivity index (χ2n) is 5.11. The minimum absolute atomic E-state index is 0.213. The van der Waals surface area contributed by atoms with E-state index < -0.39 is 0 Å². The number of benzene rings is 1. The van der Waals surface area contributed by atoms with Crippen molar-refractivity contribution in [2.45, 2.75) is 19.8 Å². The summed E-state index contributed by atoms with van der Waals surface area (Å²) in [7, 11) is 0. The van der Waals surface area contributed by atoms with Crippen molar-refractivity contribution >= 4 is 5.69 Å². The molecule has 0 spiro atoms. The van der Waals surface area contributed by atoms with Gasteiger partial charge in [-0.2, -0.15) is 0 Å². The number of nitrogens with zero attached hydrogens (tertiary/aromatic N) is 2. The predicted molar refractivity (Wildman–Crippen MR) is 82.1 cm³/mol. The highest BCUT2D eigenvalue weighted by molar-refractivity contribution is 5.50. The van der Waals surface area contributed by atoms with Crippen LogP contribution in [0.4, 0.5) is 10.1 Å². The molecule has 21 heavy (non-hydrogen) atoms. The standard InChI is InChI=1S/C17H18FN3/c1-2-13-12-21(16-8-6-14(18)7-9-16)20-17(13)11-15-5-3-4-10-19-15/h3-10,20H,2,11-12H2,1H3. The Morgan fingerprint density at radius 3 is 2.67 bits per heavy atom. The molecule has 2 aromatic rings. The molecule has 4 heteroatoms. The molecule has 0 amide bonds. The molecule has 0 radical (unpaired) electrons. The molecule has 0 fully saturated rings. The Morgan fingerprint density at radius 2 is 2.00 bits per heavy atom. The van der Waals surface area contributed by atoms with Crippen molar-refractivity contribution in [3.8, 4) is 0 Å². The van der Waals surface area contributed by atoms with Gasteiger partial charge in [0.15, 0.2) is 0 Å². The molecule has 108 valence electrons. The maximum absolute atomic E-state index is 13.0. The minimum Gasteiger partial charge on any atom is -0.302 e. The summed E-state index contributed by atoms with van der Waals surface area (Å²) in [5.74, 6) is -0.213. The molecule has 0 aliphatic carbocycles. The van der Waals surface area contributed by atoms with Crippen LogP contribution in [0.1, 0.15) is 19.0 Å². The van der Waals surface area contributed by atoms with Gasteiger partial charge in [-0.3, -0.25) is 9.99 Å². The number of rotatable bonds is 4. The highest BCUT2D eigenvalue weighted by Gasteiger charge is 2.20. The summed E-state index contributed by atoms with van der Waals surface area (Å²) in [5.41, 5.74) is 8.01. The normalized spacial score (nSPS) is 14.5. The van der Waals surface area contributed by atoms with E-state index in [1.807, 2.05) is 24.4 Å². The van der Waals surface area contributed by atoms with Gasteiger partial charge in [-0.25, -0.2) is 4.39 Å². The largest absolute Gasteiger partial charge is 0.302 e. The van der Waals surface area contributed by atoms with Gasteiger partial charge in [0.05, 0.1) is 12.2 Å². The first-order valence-corrected chi connectivity index (χ1v) is 7.17. The van der Waals surface area contributed by atoms with Gasteiger partial charge in [-0.05, 0) is 48.4 Å². The van der Waals surface area contributed by atoms with E-state index in [4.69, 9.17) is 0 Å². The van der Waals surface area contributed by atoms with E-state index in [9.17, 15) is 4.39 Å². The van der Waals surface area contributed by atoms with Gasteiger partial charge in [-0.15, -0.1) is 0 Å². The van der Waals surface area contributed by atoms with Crippen LogP contribution in [0.2, 0.25) is 0 Å². The Balaban J connectivity index is 1.76. The Bertz CT molecular complexity index is 635. The topological polar surface area (TPSA) is 28.2 Å². The van der Waals surface area contributed by atoms with Crippen LogP contribution < -0.4 is 10.4 Å². The first kappa shape index (κ1) is 13.6. The van der Waals surface area contributed by atoms with E-state index in [0.717, 1.165) is 30.8 Å². The number of aromatic nitrogens is 1. The molecule has 1 N–H and O–H groups in total. The van der Waals surface area contributed by atoms with Gasteiger partial charge in [-0.1, -0.05) is 13.0 Å². The van der Waals surface area contributed by atoms with Gasteiger partial charge in [0, 0.05) is 24.0 Å². The second kappa shape index (κ2) is 5.95. The van der Waals surface area contributed by atoms with Gasteiger partial charge >= 0.3 is 0 Å². The maximum atomic E-state index is 13.0. The van der Waals surface area contributed by atoms with E-state index in [2.05, 4.69) is 22.3 Å². The van der Waals surface area contributed by atoms with Crippen molar-refractivity contribution in [3.63, 3.8) is 0 Å². The lowest BCUT2D eigenvalue weighted by molar-refractivity contribution is 0.627. The molecule has 0 saturated heterocycles. The molecule has 0 bridgehead atoms. The van der Waals surface area contributed by atoms with Crippen LogP contribution in [0.25, 0.3) is 0 Å². The first-order valence-electron chi connectivity index (χ1n) is 7.17. The lowest BCUT2D eigenvalue weighted by Gasteiger charge is -2.20. The van der Waals surface area contributed by atoms with E-state index in [1.54, 1.807) is 12.1 Å². The van der Waals surface area contributed by atoms with Crippen LogP contribution in [0.3, 0.4) is 0 Å². The van der Waals surface area contributed by atoms with Crippen molar-refractivity contribution in [1.29, 1.82) is 0 Å². The molecular weight excluding hydrogens is 265 g/mol. The van der Waals surface area contributed by atoms with E-state index in [0.29, 0.717) is 0 Å². The number of hydrazine groups is 1. The van der Waals surface area contributed by atoms with Crippen molar-refractivity contribution in [2.24, 2.45) is 0 Å². The van der Waals surface area contributed by atoms with Crippen LogP contribution in [-0.2, 0) is 6.42 Å². The molecule has 1 aliphatic rings. The third-order valence-electron chi connectivity index (χ3n) is 3.69. The van der Waals surface area contributed by atoms with Crippen LogP contribution in [-0.4, -0.2) is 11.5 Å². The number of hydrogen-bond acceptors (Lipinski definition) is 3. The third-order valence-corrected chi connectivity index (χ3v) is 3.69. The van der Waals surface area contributed by atoms with Crippen LogP contribution in [0.15, 0.2) is 59.9 Å². The van der Waals surface area contributed by atoms with E-state index >= 15 is 0 Å². The van der Waals surface area contributed by atoms with Crippen molar-refractivity contribution in [1.82, 2.24) is 10.4 Å². The van der Waals surface area contributed by atoms with Gasteiger partial charge in [0.2, 0.25) is 0 Å².